The van der Waals surface area contributed by atoms with Crippen LogP contribution in [0.1, 0.15) is 37.0 Å². The maximum absolute atomic E-state index is 11.0. The number of carboxylic acids is 1. The standard InChI is InChI=1S/C14H19NO2/c1-14(2,13(16)17)15-9-10-6-7-11-4-3-5-12(11)8-10/h6-8,15H,3-5,9H2,1-2H3,(H,16,17). The molecule has 0 amide bonds. The second-order valence-electron chi connectivity index (χ2n) is 5.24. The zero-order chi connectivity index (χ0) is 12.5. The van der Waals surface area contributed by atoms with Crippen LogP contribution in [0.5, 0.6) is 0 Å². The highest BCUT2D eigenvalue weighted by Crippen LogP contribution is 2.22. The van der Waals surface area contributed by atoms with Crippen LogP contribution in [0.3, 0.4) is 0 Å². The number of hydrogen-bond donors (Lipinski definition) is 2. The van der Waals surface area contributed by atoms with Gasteiger partial charge in [-0.3, -0.25) is 10.1 Å². The van der Waals surface area contributed by atoms with Crippen LogP contribution in [0.2, 0.25) is 0 Å². The molecule has 0 spiro atoms. The number of carbonyl (C=O) groups is 1. The van der Waals surface area contributed by atoms with Gasteiger partial charge < -0.3 is 5.11 Å². The van der Waals surface area contributed by atoms with E-state index in [2.05, 4.69) is 23.5 Å². The van der Waals surface area contributed by atoms with E-state index in [1.54, 1.807) is 13.8 Å². The van der Waals surface area contributed by atoms with E-state index in [0.717, 1.165) is 6.42 Å². The summed E-state index contributed by atoms with van der Waals surface area (Å²) in [7, 11) is 0. The summed E-state index contributed by atoms with van der Waals surface area (Å²) in [4.78, 5) is 11.0. The smallest absolute Gasteiger partial charge is 0.323 e. The van der Waals surface area contributed by atoms with Crippen molar-refractivity contribution in [2.24, 2.45) is 0 Å². The molecule has 0 aliphatic heterocycles. The van der Waals surface area contributed by atoms with Gasteiger partial charge in [-0.25, -0.2) is 0 Å². The van der Waals surface area contributed by atoms with Crippen molar-refractivity contribution in [3.05, 3.63) is 34.9 Å². The molecule has 1 aliphatic carbocycles. The Labute approximate surface area is 102 Å². The molecule has 3 nitrogen and oxygen atoms in total. The normalized spacial score (nSPS) is 14.7. The molecule has 0 unspecified atom stereocenters. The lowest BCUT2D eigenvalue weighted by atomic mass is 10.0. The fourth-order valence-electron chi connectivity index (χ4n) is 2.13. The molecule has 0 heterocycles. The van der Waals surface area contributed by atoms with Crippen LogP contribution in [0.15, 0.2) is 18.2 Å². The summed E-state index contributed by atoms with van der Waals surface area (Å²) in [5.74, 6) is -0.821. The fraction of sp³-hybridized carbons (Fsp3) is 0.500. The molecule has 92 valence electrons. The predicted molar refractivity (Wildman–Crippen MR) is 67.0 cm³/mol. The van der Waals surface area contributed by atoms with E-state index in [1.165, 1.54) is 29.5 Å². The first-order valence-corrected chi connectivity index (χ1v) is 6.08. The van der Waals surface area contributed by atoms with Crippen molar-refractivity contribution in [2.45, 2.75) is 45.2 Å². The van der Waals surface area contributed by atoms with Crippen molar-refractivity contribution in [1.82, 2.24) is 5.32 Å². The maximum atomic E-state index is 11.0. The molecule has 0 saturated carbocycles. The number of nitrogens with one attached hydrogen (secondary N) is 1. The van der Waals surface area contributed by atoms with Gasteiger partial charge in [-0.05, 0) is 49.8 Å². The van der Waals surface area contributed by atoms with Gasteiger partial charge in [-0.1, -0.05) is 18.2 Å². The van der Waals surface area contributed by atoms with E-state index in [4.69, 9.17) is 5.11 Å². The van der Waals surface area contributed by atoms with Crippen LogP contribution in [0.4, 0.5) is 0 Å². The summed E-state index contributed by atoms with van der Waals surface area (Å²) in [6.45, 7) is 3.97. The van der Waals surface area contributed by atoms with Crippen LogP contribution < -0.4 is 5.32 Å². The number of aryl methyl sites for hydroxylation is 2. The zero-order valence-corrected chi connectivity index (χ0v) is 10.4. The van der Waals surface area contributed by atoms with Crippen molar-refractivity contribution in [2.75, 3.05) is 0 Å². The third-order valence-corrected chi connectivity index (χ3v) is 3.43. The molecule has 2 rings (SSSR count). The molecule has 0 fully saturated rings. The van der Waals surface area contributed by atoms with E-state index in [-0.39, 0.29) is 0 Å². The molecule has 3 heteroatoms. The minimum atomic E-state index is -0.876. The van der Waals surface area contributed by atoms with Gasteiger partial charge in [-0.15, -0.1) is 0 Å². The minimum absolute atomic E-state index is 0.604. The Morgan fingerprint density at radius 2 is 2.06 bits per heavy atom. The predicted octanol–water partition coefficient (Wildman–Crippen LogP) is 2.13. The summed E-state index contributed by atoms with van der Waals surface area (Å²) >= 11 is 0. The Hall–Kier alpha value is -1.35. The summed E-state index contributed by atoms with van der Waals surface area (Å²) < 4.78 is 0. The lowest BCUT2D eigenvalue weighted by molar-refractivity contribution is -0.143. The van der Waals surface area contributed by atoms with Crippen molar-refractivity contribution in [3.63, 3.8) is 0 Å². The number of rotatable bonds is 4. The first-order valence-electron chi connectivity index (χ1n) is 6.08. The second-order valence-corrected chi connectivity index (χ2v) is 5.24. The molecule has 2 N–H and O–H groups in total. The third-order valence-electron chi connectivity index (χ3n) is 3.43. The minimum Gasteiger partial charge on any atom is -0.480 e. The summed E-state index contributed by atoms with van der Waals surface area (Å²) in [5, 5.41) is 12.1. The first kappa shape index (κ1) is 12.1. The van der Waals surface area contributed by atoms with Gasteiger partial charge >= 0.3 is 5.97 Å². The van der Waals surface area contributed by atoms with Crippen molar-refractivity contribution >= 4 is 5.97 Å². The molecule has 1 aromatic rings. The van der Waals surface area contributed by atoms with Gasteiger partial charge in [0, 0.05) is 6.54 Å². The fourth-order valence-corrected chi connectivity index (χ4v) is 2.13. The number of fused-ring (bicyclic) bond motifs is 1. The molecule has 0 aromatic heterocycles. The molecule has 0 atom stereocenters. The monoisotopic (exact) mass is 233 g/mol. The van der Waals surface area contributed by atoms with E-state index in [9.17, 15) is 4.79 Å². The average Bonchev–Trinajstić information content (AvgIpc) is 2.73. The molecule has 1 aromatic carbocycles. The van der Waals surface area contributed by atoms with Gasteiger partial charge in [0.15, 0.2) is 0 Å². The molecule has 1 aliphatic rings. The lowest BCUT2D eigenvalue weighted by Crippen LogP contribution is -2.46. The SMILES string of the molecule is CC(C)(NCc1ccc2c(c1)CCC2)C(=O)O. The first-order chi connectivity index (χ1) is 7.99. The van der Waals surface area contributed by atoms with Crippen LogP contribution in [0, 0.1) is 0 Å². The topological polar surface area (TPSA) is 49.3 Å². The number of hydrogen-bond acceptors (Lipinski definition) is 2. The van der Waals surface area contributed by atoms with Crippen LogP contribution in [0.25, 0.3) is 0 Å². The van der Waals surface area contributed by atoms with E-state index in [0.29, 0.717) is 6.54 Å². The van der Waals surface area contributed by atoms with Crippen LogP contribution >= 0.6 is 0 Å². The average molecular weight is 233 g/mol. The molecular formula is C14H19NO2. The van der Waals surface area contributed by atoms with E-state index < -0.39 is 11.5 Å². The van der Waals surface area contributed by atoms with E-state index in [1.807, 2.05) is 0 Å². The highest BCUT2D eigenvalue weighted by Gasteiger charge is 2.25. The third kappa shape index (κ3) is 2.67. The highest BCUT2D eigenvalue weighted by molar-refractivity contribution is 5.77. The second kappa shape index (κ2) is 4.49. The molecule has 17 heavy (non-hydrogen) atoms. The van der Waals surface area contributed by atoms with Gasteiger partial charge in [0.1, 0.15) is 5.54 Å². The summed E-state index contributed by atoms with van der Waals surface area (Å²) in [6, 6.07) is 6.47. The largest absolute Gasteiger partial charge is 0.480 e. The molecular weight excluding hydrogens is 214 g/mol. The van der Waals surface area contributed by atoms with E-state index >= 15 is 0 Å². The Kier molecular flexibility index (Phi) is 3.20. The zero-order valence-electron chi connectivity index (χ0n) is 10.4. The van der Waals surface area contributed by atoms with Crippen molar-refractivity contribution < 1.29 is 9.90 Å². The number of benzene rings is 1. The van der Waals surface area contributed by atoms with Gasteiger partial charge in [0.05, 0.1) is 0 Å². The highest BCUT2D eigenvalue weighted by atomic mass is 16.4. The Morgan fingerprint density at radius 3 is 2.76 bits per heavy atom. The number of aliphatic carboxylic acids is 1. The molecule has 0 saturated heterocycles. The number of carboxylic acid groups (broad SMARTS) is 1. The van der Waals surface area contributed by atoms with Gasteiger partial charge in [0.2, 0.25) is 0 Å². The lowest BCUT2D eigenvalue weighted by Gasteiger charge is -2.21. The van der Waals surface area contributed by atoms with Crippen LogP contribution in [-0.2, 0) is 24.2 Å². The summed E-state index contributed by atoms with van der Waals surface area (Å²) in [5.41, 5.74) is 3.17. The van der Waals surface area contributed by atoms with Gasteiger partial charge in [-0.2, -0.15) is 0 Å². The van der Waals surface area contributed by atoms with Crippen LogP contribution in [-0.4, -0.2) is 16.6 Å². The Bertz CT molecular complexity index is 438. The Balaban J connectivity index is 2.03. The maximum Gasteiger partial charge on any atom is 0.323 e. The summed E-state index contributed by atoms with van der Waals surface area (Å²) in [6.07, 6.45) is 3.59. The Morgan fingerprint density at radius 1 is 1.35 bits per heavy atom. The van der Waals surface area contributed by atoms with Crippen molar-refractivity contribution in [3.8, 4) is 0 Å². The van der Waals surface area contributed by atoms with Gasteiger partial charge in [0.25, 0.3) is 0 Å². The molecule has 0 bridgehead atoms. The van der Waals surface area contributed by atoms with Crippen molar-refractivity contribution in [1.29, 1.82) is 0 Å². The molecule has 0 radical (unpaired) electrons. The quantitative estimate of drug-likeness (QED) is 0.837.